The summed E-state index contributed by atoms with van der Waals surface area (Å²) in [7, 11) is 0. The number of rotatable bonds is 8. The zero-order chi connectivity index (χ0) is 35.1. The summed E-state index contributed by atoms with van der Waals surface area (Å²) < 4.78 is 26.3. The first kappa shape index (κ1) is 33.6. The lowest BCUT2D eigenvalue weighted by atomic mass is 9.79. The number of hydrogen-bond acceptors (Lipinski definition) is 6. The largest absolute Gasteiger partial charge is 0.393 e. The van der Waals surface area contributed by atoms with Crippen molar-refractivity contribution < 1.29 is 19.0 Å². The second-order valence-corrected chi connectivity index (χ2v) is 16.3. The Morgan fingerprint density at radius 1 is 1.12 bits per heavy atom. The number of likely N-dealkylation sites (tertiary alicyclic amines) is 1. The topological polar surface area (TPSA) is 103 Å². The van der Waals surface area contributed by atoms with Gasteiger partial charge in [0.15, 0.2) is 5.82 Å². The number of aliphatic hydroxyl groups is 1. The summed E-state index contributed by atoms with van der Waals surface area (Å²) in [5.41, 5.74) is 4.46. The molecule has 8 nitrogen and oxygen atoms in total. The van der Waals surface area contributed by atoms with Gasteiger partial charge in [-0.15, -0.1) is 0 Å². The molecule has 4 aromatic rings. The predicted octanol–water partition coefficient (Wildman–Crippen LogP) is 7.97. The molecular formula is C40H42Cl2FN5O3. The molecule has 3 aliphatic carbocycles. The maximum Gasteiger partial charge on any atom is 0.226 e. The van der Waals surface area contributed by atoms with Gasteiger partial charge in [-0.3, -0.25) is 4.79 Å². The Kier molecular flexibility index (Phi) is 8.55. The van der Waals surface area contributed by atoms with E-state index in [0.717, 1.165) is 73.8 Å². The van der Waals surface area contributed by atoms with Gasteiger partial charge in [-0.05, 0) is 88.0 Å². The lowest BCUT2D eigenvalue weighted by Gasteiger charge is -2.39. The average molecular weight is 731 g/mol. The summed E-state index contributed by atoms with van der Waals surface area (Å²) in [6.45, 7) is 3.40. The van der Waals surface area contributed by atoms with E-state index in [9.17, 15) is 15.2 Å². The minimum Gasteiger partial charge on any atom is -0.393 e. The number of carbonyl (C=O) groups is 1. The van der Waals surface area contributed by atoms with E-state index >= 15 is 4.39 Å². The highest BCUT2D eigenvalue weighted by atomic mass is 35.5. The molecule has 2 bridgehead atoms. The summed E-state index contributed by atoms with van der Waals surface area (Å²) in [6.07, 6.45) is 7.03. The van der Waals surface area contributed by atoms with Gasteiger partial charge in [0.05, 0.1) is 52.0 Å². The van der Waals surface area contributed by atoms with Gasteiger partial charge >= 0.3 is 0 Å². The van der Waals surface area contributed by atoms with Crippen LogP contribution in [-0.2, 0) is 16.0 Å². The lowest BCUT2D eigenvalue weighted by molar-refractivity contribution is -0.134. The SMILES string of the molecule is Cc1nc2c(F)c(-c3cccc(Cl)c3Cl)c(CCC#N)cc2c2c1cc([C@H]1C[C@H](OC3CCC(O)CC3)CN1C(=O)C1CC1)n2[C@H]1[C@H]2CN[C@@H]1C2. The average Bonchev–Trinajstić information content (AvgIpc) is 3.40. The Morgan fingerprint density at radius 3 is 2.63 bits per heavy atom. The number of benzene rings is 2. The third-order valence-corrected chi connectivity index (χ3v) is 13.1. The number of hydrogen-bond donors (Lipinski definition) is 2. The van der Waals surface area contributed by atoms with Crippen molar-refractivity contribution in [1.82, 2.24) is 19.8 Å². The van der Waals surface area contributed by atoms with Crippen molar-refractivity contribution in [3.8, 4) is 17.2 Å². The van der Waals surface area contributed by atoms with Crippen molar-refractivity contribution in [2.75, 3.05) is 13.1 Å². The van der Waals surface area contributed by atoms with Gasteiger partial charge in [-0.25, -0.2) is 9.37 Å². The monoisotopic (exact) mass is 729 g/mol. The van der Waals surface area contributed by atoms with Gasteiger partial charge < -0.3 is 24.6 Å². The number of aliphatic hydroxyl groups excluding tert-OH is 1. The Hall–Kier alpha value is -3.26. The predicted molar refractivity (Wildman–Crippen MR) is 195 cm³/mol. The molecule has 11 heteroatoms. The fourth-order valence-corrected chi connectivity index (χ4v) is 9.93. The standard InChI is InChI=1S/C40H42Cl2FN5O3/c1-20-28-17-33(32-16-26(19-47(32)40(50)21-7-8-21)51-25-11-9-24(49)10-12-25)48(38-23-15-31(38)45-18-23)39(28)29-14-22(4-3-13-44)34(36(43)37(29)46-20)27-5-2-6-30(41)35(27)42/h2,5-6,14,17,21,23-26,31-32,38,45,49H,3-4,7-12,15-16,18-19H2,1H3/t23-,24?,25?,26+,31-,32-,38+/m1/s1. The number of nitrogens with zero attached hydrogens (tertiary/aromatic N) is 4. The number of ether oxygens (including phenoxy) is 1. The van der Waals surface area contributed by atoms with Crippen LogP contribution in [0.25, 0.3) is 32.9 Å². The summed E-state index contributed by atoms with van der Waals surface area (Å²) in [6, 6.07) is 11.9. The number of carbonyl (C=O) groups excluding carboxylic acids is 1. The van der Waals surface area contributed by atoms with Gasteiger partial charge in [0, 0.05) is 71.2 Å². The number of fused-ring (bicyclic) bond motifs is 4. The molecule has 0 unspecified atom stereocenters. The van der Waals surface area contributed by atoms with E-state index in [1.807, 2.05) is 13.0 Å². The lowest BCUT2D eigenvalue weighted by Crippen LogP contribution is -2.41. The number of aromatic nitrogens is 2. The minimum atomic E-state index is -0.476. The van der Waals surface area contributed by atoms with Crippen LogP contribution >= 0.6 is 23.2 Å². The third kappa shape index (κ3) is 5.64. The fourth-order valence-electron chi connectivity index (χ4n) is 9.54. The zero-order valence-electron chi connectivity index (χ0n) is 28.7. The van der Waals surface area contributed by atoms with Crippen molar-refractivity contribution >= 4 is 50.9 Å². The molecule has 51 heavy (non-hydrogen) atoms. The van der Waals surface area contributed by atoms with E-state index in [4.69, 9.17) is 32.9 Å². The van der Waals surface area contributed by atoms with Crippen LogP contribution in [-0.4, -0.2) is 62.9 Å². The van der Waals surface area contributed by atoms with Crippen LogP contribution in [0.4, 0.5) is 4.39 Å². The maximum absolute atomic E-state index is 17.2. The molecule has 3 saturated heterocycles. The molecule has 3 saturated carbocycles. The third-order valence-electron chi connectivity index (χ3n) is 12.3. The maximum atomic E-state index is 17.2. The van der Waals surface area contributed by atoms with Crippen molar-refractivity contribution in [1.29, 1.82) is 5.26 Å². The highest BCUT2D eigenvalue weighted by Crippen LogP contribution is 2.51. The van der Waals surface area contributed by atoms with Crippen molar-refractivity contribution in [2.45, 2.75) is 108 Å². The molecule has 266 valence electrons. The van der Waals surface area contributed by atoms with Crippen LogP contribution in [0.2, 0.25) is 10.0 Å². The highest BCUT2D eigenvalue weighted by molar-refractivity contribution is 6.43. The summed E-state index contributed by atoms with van der Waals surface area (Å²) in [5.74, 6) is 0.212. The summed E-state index contributed by atoms with van der Waals surface area (Å²) in [5, 5.41) is 25.6. The summed E-state index contributed by atoms with van der Waals surface area (Å²) in [4.78, 5) is 21.0. The van der Waals surface area contributed by atoms with Crippen LogP contribution in [0, 0.1) is 35.9 Å². The molecule has 3 aliphatic heterocycles. The molecule has 2 aromatic carbocycles. The molecule has 6 fully saturated rings. The van der Waals surface area contributed by atoms with E-state index in [0.29, 0.717) is 52.4 Å². The van der Waals surface area contributed by atoms with E-state index in [2.05, 4.69) is 26.9 Å². The van der Waals surface area contributed by atoms with Crippen LogP contribution in [0.1, 0.15) is 86.8 Å². The van der Waals surface area contributed by atoms with E-state index in [1.54, 1.807) is 18.2 Å². The Morgan fingerprint density at radius 2 is 1.92 bits per heavy atom. The number of nitriles is 1. The molecule has 6 aliphatic rings. The Balaban J connectivity index is 1.23. The zero-order valence-corrected chi connectivity index (χ0v) is 30.2. The minimum absolute atomic E-state index is 0.0632. The Labute approximate surface area is 306 Å². The van der Waals surface area contributed by atoms with Gasteiger partial charge in [-0.2, -0.15) is 5.26 Å². The fraction of sp³-hybridized carbons (Fsp3) is 0.525. The van der Waals surface area contributed by atoms with Crippen molar-refractivity contribution in [2.24, 2.45) is 11.8 Å². The van der Waals surface area contributed by atoms with Gasteiger partial charge in [0.2, 0.25) is 5.91 Å². The molecule has 5 atom stereocenters. The first-order valence-corrected chi connectivity index (χ1v) is 19.3. The molecule has 1 amide bonds. The molecule has 0 radical (unpaired) electrons. The first-order chi connectivity index (χ1) is 24.7. The molecule has 5 heterocycles. The first-order valence-electron chi connectivity index (χ1n) is 18.6. The normalized spacial score (nSPS) is 28.8. The van der Waals surface area contributed by atoms with E-state index in [1.165, 1.54) is 0 Å². The number of amides is 1. The Bertz CT molecular complexity index is 2090. The van der Waals surface area contributed by atoms with Gasteiger partial charge in [0.1, 0.15) is 5.52 Å². The van der Waals surface area contributed by atoms with Crippen molar-refractivity contribution in [3.63, 3.8) is 0 Å². The second-order valence-electron chi connectivity index (χ2n) is 15.5. The molecule has 0 spiro atoms. The molecule has 2 N–H and O–H groups in total. The van der Waals surface area contributed by atoms with Crippen LogP contribution in [0.3, 0.4) is 0 Å². The molecule has 10 rings (SSSR count). The van der Waals surface area contributed by atoms with E-state index < -0.39 is 5.82 Å². The number of halogens is 3. The highest BCUT2D eigenvalue weighted by Gasteiger charge is 2.51. The second kappa shape index (κ2) is 13.0. The van der Waals surface area contributed by atoms with Gasteiger partial charge in [0.25, 0.3) is 0 Å². The molecule has 2 aromatic heterocycles. The molecular weight excluding hydrogens is 688 g/mol. The quantitative estimate of drug-likeness (QED) is 0.191. The number of pyridine rings is 1. The summed E-state index contributed by atoms with van der Waals surface area (Å²) >= 11 is 13.1. The van der Waals surface area contributed by atoms with Gasteiger partial charge in [-0.1, -0.05) is 35.3 Å². The van der Waals surface area contributed by atoms with Crippen molar-refractivity contribution in [3.05, 3.63) is 63.1 Å². The smallest absolute Gasteiger partial charge is 0.226 e. The van der Waals surface area contributed by atoms with Crippen LogP contribution in [0.15, 0.2) is 30.3 Å². The van der Waals surface area contributed by atoms with E-state index in [-0.39, 0.29) is 65.2 Å². The van der Waals surface area contributed by atoms with Crippen LogP contribution in [0.5, 0.6) is 0 Å². The van der Waals surface area contributed by atoms with Crippen LogP contribution < -0.4 is 5.32 Å². The number of aryl methyl sites for hydroxylation is 2. The number of nitrogens with one attached hydrogen (secondary N) is 1.